The van der Waals surface area contributed by atoms with Gasteiger partial charge in [-0.25, -0.2) is 4.79 Å². The molecule has 0 unspecified atom stereocenters. The van der Waals surface area contributed by atoms with Gasteiger partial charge in [0.15, 0.2) is 11.8 Å². The molecule has 0 aromatic carbocycles. The molecule has 4 nitrogen and oxygen atoms in total. The minimum atomic E-state index is -1.72. The zero-order valence-corrected chi connectivity index (χ0v) is 6.00. The molecule has 4 heteroatoms. The van der Waals surface area contributed by atoms with Crippen molar-refractivity contribution in [3.63, 3.8) is 0 Å². The Bertz CT molecular complexity index is 155. The molecule has 0 heterocycles. The number of nitrogens with two attached hydrogens (primary N) is 1. The number of hydrogen-bond donors (Lipinski definition) is 2. The van der Waals surface area contributed by atoms with E-state index in [1.165, 1.54) is 0 Å². The molecule has 0 aromatic heterocycles. The zero-order valence-electron chi connectivity index (χ0n) is 6.00. The van der Waals surface area contributed by atoms with E-state index in [1.807, 2.05) is 0 Å². The molecule has 0 amide bonds. The lowest BCUT2D eigenvalue weighted by molar-refractivity contribution is -0.147. The summed E-state index contributed by atoms with van der Waals surface area (Å²) in [6.07, 6.45) is 0.264. The van der Waals surface area contributed by atoms with Crippen LogP contribution in [0.4, 0.5) is 0 Å². The average molecular weight is 145 g/mol. The van der Waals surface area contributed by atoms with E-state index in [2.05, 4.69) is 0 Å². The molecule has 0 radical (unpaired) electrons. The number of carboxylic acid groups (broad SMARTS) is 1. The van der Waals surface area contributed by atoms with Crippen LogP contribution in [0.15, 0.2) is 0 Å². The van der Waals surface area contributed by atoms with Crippen molar-refractivity contribution < 1.29 is 14.7 Å². The second-order valence-corrected chi connectivity index (χ2v) is 2.51. The SMILES string of the molecule is CC(C)[C@@](N)(C=O)C(=O)O. The van der Waals surface area contributed by atoms with Gasteiger partial charge >= 0.3 is 5.97 Å². The molecule has 0 bridgehead atoms. The summed E-state index contributed by atoms with van der Waals surface area (Å²) >= 11 is 0. The number of carboxylic acids is 1. The Morgan fingerprint density at radius 3 is 2.10 bits per heavy atom. The lowest BCUT2D eigenvalue weighted by Gasteiger charge is -2.21. The van der Waals surface area contributed by atoms with Gasteiger partial charge in [-0.2, -0.15) is 0 Å². The highest BCUT2D eigenvalue weighted by Crippen LogP contribution is 2.10. The van der Waals surface area contributed by atoms with E-state index >= 15 is 0 Å². The molecule has 10 heavy (non-hydrogen) atoms. The van der Waals surface area contributed by atoms with Crippen LogP contribution in [-0.2, 0) is 9.59 Å². The molecular formula is C6H11NO3. The second kappa shape index (κ2) is 2.79. The maximum absolute atomic E-state index is 10.3. The van der Waals surface area contributed by atoms with Crippen molar-refractivity contribution in [1.82, 2.24) is 0 Å². The third kappa shape index (κ3) is 1.33. The van der Waals surface area contributed by atoms with Gasteiger partial charge in [0, 0.05) is 0 Å². The molecule has 1 atom stereocenters. The molecule has 58 valence electrons. The topological polar surface area (TPSA) is 80.4 Å². The van der Waals surface area contributed by atoms with Crippen molar-refractivity contribution in [2.75, 3.05) is 0 Å². The third-order valence-corrected chi connectivity index (χ3v) is 1.52. The zero-order chi connectivity index (χ0) is 8.36. The van der Waals surface area contributed by atoms with Crippen LogP contribution in [-0.4, -0.2) is 22.9 Å². The van der Waals surface area contributed by atoms with Crippen LogP contribution < -0.4 is 5.73 Å². The summed E-state index contributed by atoms with van der Waals surface area (Å²) < 4.78 is 0. The minimum Gasteiger partial charge on any atom is -0.480 e. The molecule has 0 rings (SSSR count). The third-order valence-electron chi connectivity index (χ3n) is 1.52. The van der Waals surface area contributed by atoms with Gasteiger partial charge in [0.05, 0.1) is 0 Å². The van der Waals surface area contributed by atoms with Gasteiger partial charge in [0.1, 0.15) is 0 Å². The Hall–Kier alpha value is -0.900. The Labute approximate surface area is 59.0 Å². The monoisotopic (exact) mass is 145 g/mol. The van der Waals surface area contributed by atoms with Crippen LogP contribution in [0.2, 0.25) is 0 Å². The van der Waals surface area contributed by atoms with E-state index in [1.54, 1.807) is 13.8 Å². The smallest absolute Gasteiger partial charge is 0.331 e. The van der Waals surface area contributed by atoms with Gasteiger partial charge in [-0.1, -0.05) is 13.8 Å². The van der Waals surface area contributed by atoms with E-state index in [-0.39, 0.29) is 12.2 Å². The maximum Gasteiger partial charge on any atom is 0.331 e. The summed E-state index contributed by atoms with van der Waals surface area (Å²) in [5.74, 6) is -1.67. The molecule has 0 saturated carbocycles. The van der Waals surface area contributed by atoms with E-state index in [4.69, 9.17) is 10.8 Å². The van der Waals surface area contributed by atoms with Gasteiger partial charge < -0.3 is 15.6 Å². The summed E-state index contributed by atoms with van der Waals surface area (Å²) in [6, 6.07) is 0. The number of hydrogen-bond acceptors (Lipinski definition) is 3. The highest BCUT2D eigenvalue weighted by molar-refractivity contribution is 5.97. The fourth-order valence-electron chi connectivity index (χ4n) is 0.433. The first-order chi connectivity index (χ1) is 4.45. The van der Waals surface area contributed by atoms with Gasteiger partial charge in [-0.3, -0.25) is 0 Å². The fraction of sp³-hybridized carbons (Fsp3) is 0.667. The Kier molecular flexibility index (Phi) is 2.54. The van der Waals surface area contributed by atoms with Gasteiger partial charge in [0.2, 0.25) is 0 Å². The first-order valence-electron chi connectivity index (χ1n) is 2.93. The van der Waals surface area contributed by atoms with Crippen molar-refractivity contribution in [2.24, 2.45) is 11.7 Å². The van der Waals surface area contributed by atoms with Crippen molar-refractivity contribution in [2.45, 2.75) is 19.4 Å². The number of rotatable bonds is 3. The Balaban J connectivity index is 4.54. The predicted octanol–water partition coefficient (Wildman–Crippen LogP) is -0.377. The predicted molar refractivity (Wildman–Crippen MR) is 35.5 cm³/mol. The summed E-state index contributed by atoms with van der Waals surface area (Å²) in [7, 11) is 0. The molecule has 0 saturated heterocycles. The van der Waals surface area contributed by atoms with Crippen LogP contribution in [0.3, 0.4) is 0 Å². The quantitative estimate of drug-likeness (QED) is 0.419. The van der Waals surface area contributed by atoms with Crippen molar-refractivity contribution in [3.05, 3.63) is 0 Å². The maximum atomic E-state index is 10.3. The second-order valence-electron chi connectivity index (χ2n) is 2.51. The highest BCUT2D eigenvalue weighted by Gasteiger charge is 2.36. The normalized spacial score (nSPS) is 16.4. The standard InChI is InChI=1S/C6H11NO3/c1-4(2)6(7,3-8)5(9)10/h3-4H,7H2,1-2H3,(H,9,10)/t6-/m0/s1. The van der Waals surface area contributed by atoms with Gasteiger partial charge in [0.25, 0.3) is 0 Å². The van der Waals surface area contributed by atoms with Gasteiger partial charge in [-0.15, -0.1) is 0 Å². The number of carbonyl (C=O) groups is 2. The van der Waals surface area contributed by atoms with E-state index in [0.29, 0.717) is 0 Å². The van der Waals surface area contributed by atoms with Crippen molar-refractivity contribution in [3.8, 4) is 0 Å². The van der Waals surface area contributed by atoms with Crippen LogP contribution in [0.25, 0.3) is 0 Å². The molecule has 0 aliphatic carbocycles. The minimum absolute atomic E-state index is 0.264. The summed E-state index contributed by atoms with van der Waals surface area (Å²) in [5.41, 5.74) is 3.49. The Morgan fingerprint density at radius 1 is 1.70 bits per heavy atom. The number of aliphatic carboxylic acids is 1. The first kappa shape index (κ1) is 9.10. The largest absolute Gasteiger partial charge is 0.480 e. The molecular weight excluding hydrogens is 134 g/mol. The Morgan fingerprint density at radius 2 is 2.10 bits per heavy atom. The number of aldehydes is 1. The van der Waals surface area contributed by atoms with Crippen LogP contribution in [0.1, 0.15) is 13.8 Å². The van der Waals surface area contributed by atoms with Crippen molar-refractivity contribution >= 4 is 12.3 Å². The van der Waals surface area contributed by atoms with E-state index < -0.39 is 11.5 Å². The van der Waals surface area contributed by atoms with Crippen molar-refractivity contribution in [1.29, 1.82) is 0 Å². The molecule has 0 fully saturated rings. The summed E-state index contributed by atoms with van der Waals surface area (Å²) in [4.78, 5) is 20.5. The molecule has 0 aliphatic rings. The molecule has 0 aromatic rings. The lowest BCUT2D eigenvalue weighted by atomic mass is 9.89. The first-order valence-corrected chi connectivity index (χ1v) is 2.93. The van der Waals surface area contributed by atoms with Crippen LogP contribution >= 0.6 is 0 Å². The van der Waals surface area contributed by atoms with Gasteiger partial charge in [-0.05, 0) is 5.92 Å². The van der Waals surface area contributed by atoms with Crippen LogP contribution in [0.5, 0.6) is 0 Å². The van der Waals surface area contributed by atoms with E-state index in [9.17, 15) is 9.59 Å². The van der Waals surface area contributed by atoms with E-state index in [0.717, 1.165) is 0 Å². The summed E-state index contributed by atoms with van der Waals surface area (Å²) in [5, 5.41) is 8.45. The molecule has 0 aliphatic heterocycles. The average Bonchev–Trinajstić information content (AvgIpc) is 1.85. The molecule has 3 N–H and O–H groups in total. The van der Waals surface area contributed by atoms with Crippen LogP contribution in [0, 0.1) is 5.92 Å². The highest BCUT2D eigenvalue weighted by atomic mass is 16.4. The fourth-order valence-corrected chi connectivity index (χ4v) is 0.433. The number of carbonyl (C=O) groups excluding carboxylic acids is 1. The molecule has 0 spiro atoms. The summed E-state index contributed by atoms with van der Waals surface area (Å²) in [6.45, 7) is 3.17. The lowest BCUT2D eigenvalue weighted by Crippen LogP contribution is -2.53.